The van der Waals surface area contributed by atoms with E-state index >= 15 is 0 Å². The highest BCUT2D eigenvalue weighted by atomic mass is 32.1. The van der Waals surface area contributed by atoms with Crippen LogP contribution in [0.2, 0.25) is 0 Å². The van der Waals surface area contributed by atoms with Crippen LogP contribution in [0.3, 0.4) is 0 Å². The van der Waals surface area contributed by atoms with Crippen molar-refractivity contribution >= 4 is 34.6 Å². The first-order valence-corrected chi connectivity index (χ1v) is 10.4. The van der Waals surface area contributed by atoms with E-state index in [-0.39, 0.29) is 18.6 Å². The van der Waals surface area contributed by atoms with Crippen LogP contribution in [0.1, 0.15) is 43.5 Å². The molecule has 0 radical (unpaired) electrons. The van der Waals surface area contributed by atoms with Crippen LogP contribution in [0, 0.1) is 6.92 Å². The number of carbonyl (C=O) groups is 2. The normalized spacial score (nSPS) is 11.8. The lowest BCUT2D eigenvalue weighted by atomic mass is 10.1. The molecule has 0 fully saturated rings. The van der Waals surface area contributed by atoms with Gasteiger partial charge >= 0.3 is 5.97 Å². The van der Waals surface area contributed by atoms with Gasteiger partial charge in [-0.1, -0.05) is 43.3 Å². The smallest absolute Gasteiger partial charge is 0.348 e. The van der Waals surface area contributed by atoms with E-state index in [0.717, 1.165) is 27.3 Å². The number of hydrogen-bond acceptors (Lipinski definition) is 5. The molecule has 3 rings (SSSR count). The number of aryl methyl sites for hydroxylation is 2. The maximum absolute atomic E-state index is 12.4. The third-order valence-electron chi connectivity index (χ3n) is 4.20. The number of esters is 1. The summed E-state index contributed by atoms with van der Waals surface area (Å²) in [6.07, 6.45) is 0.871. The maximum Gasteiger partial charge on any atom is 0.348 e. The summed E-state index contributed by atoms with van der Waals surface area (Å²) in [6.45, 7) is 3.73. The molecule has 0 saturated carbocycles. The minimum atomic E-state index is -0.453. The van der Waals surface area contributed by atoms with E-state index in [1.165, 1.54) is 11.3 Å². The first kappa shape index (κ1) is 19.3. The van der Waals surface area contributed by atoms with Gasteiger partial charge in [0.1, 0.15) is 4.88 Å². The van der Waals surface area contributed by atoms with Crippen molar-refractivity contribution < 1.29 is 14.3 Å². The zero-order valence-corrected chi connectivity index (χ0v) is 16.9. The van der Waals surface area contributed by atoms with Crippen LogP contribution in [0.25, 0.3) is 0 Å². The first-order chi connectivity index (χ1) is 13.1. The molecule has 0 unspecified atom stereocenters. The summed E-state index contributed by atoms with van der Waals surface area (Å²) in [4.78, 5) is 27.3. The van der Waals surface area contributed by atoms with Gasteiger partial charge in [0.2, 0.25) is 0 Å². The van der Waals surface area contributed by atoms with Crippen LogP contribution in [-0.4, -0.2) is 18.5 Å². The average Bonchev–Trinajstić information content (AvgIpc) is 3.34. The molecule has 6 heteroatoms. The molecule has 0 saturated heterocycles. The van der Waals surface area contributed by atoms with Crippen molar-refractivity contribution in [3.63, 3.8) is 0 Å². The molecule has 2 aromatic heterocycles. The fourth-order valence-electron chi connectivity index (χ4n) is 2.80. The molecule has 0 aliphatic carbocycles. The second-order valence-corrected chi connectivity index (χ2v) is 8.28. The van der Waals surface area contributed by atoms with E-state index in [1.54, 1.807) is 11.3 Å². The summed E-state index contributed by atoms with van der Waals surface area (Å²) in [7, 11) is 0. The quantitative estimate of drug-likeness (QED) is 0.584. The minimum Gasteiger partial charge on any atom is -0.451 e. The Kier molecular flexibility index (Phi) is 6.42. The number of amides is 1. The Morgan fingerprint density at radius 1 is 1.15 bits per heavy atom. The molecule has 0 bridgehead atoms. The maximum atomic E-state index is 12.4. The molecule has 3 aromatic rings. The van der Waals surface area contributed by atoms with Gasteiger partial charge < -0.3 is 10.1 Å². The lowest BCUT2D eigenvalue weighted by Crippen LogP contribution is -2.32. The van der Waals surface area contributed by atoms with E-state index in [9.17, 15) is 9.59 Å². The van der Waals surface area contributed by atoms with Crippen molar-refractivity contribution in [3.8, 4) is 0 Å². The summed E-state index contributed by atoms with van der Waals surface area (Å²) in [5, 5.41) is 4.94. The molecule has 0 aliphatic heterocycles. The largest absolute Gasteiger partial charge is 0.451 e. The van der Waals surface area contributed by atoms with Crippen LogP contribution in [-0.2, 0) is 16.0 Å². The highest BCUT2D eigenvalue weighted by Crippen LogP contribution is 2.26. The molecular formula is C21H21NO3S2. The summed E-state index contributed by atoms with van der Waals surface area (Å²) in [6, 6.07) is 15.3. The molecule has 1 N–H and O–H groups in total. The zero-order valence-electron chi connectivity index (χ0n) is 15.2. The van der Waals surface area contributed by atoms with Gasteiger partial charge in [0.25, 0.3) is 5.91 Å². The predicted octanol–water partition coefficient (Wildman–Crippen LogP) is 4.74. The Hall–Kier alpha value is -2.44. The third-order valence-corrected chi connectivity index (χ3v) is 6.21. The van der Waals surface area contributed by atoms with Gasteiger partial charge in [0.05, 0.1) is 6.04 Å². The van der Waals surface area contributed by atoms with Gasteiger partial charge in [0, 0.05) is 9.75 Å². The lowest BCUT2D eigenvalue weighted by Gasteiger charge is -2.18. The molecule has 0 spiro atoms. The van der Waals surface area contributed by atoms with Gasteiger partial charge in [0.15, 0.2) is 6.61 Å². The molecule has 1 atom stereocenters. The highest BCUT2D eigenvalue weighted by molar-refractivity contribution is 7.14. The SMILES string of the molecule is CCc1cc(C(=O)OCC(=O)N[C@H](c2ccccc2)c2cccs2)sc1C. The van der Waals surface area contributed by atoms with Gasteiger partial charge in [-0.3, -0.25) is 4.79 Å². The number of hydrogen-bond donors (Lipinski definition) is 1. The topological polar surface area (TPSA) is 55.4 Å². The monoisotopic (exact) mass is 399 g/mol. The number of nitrogens with one attached hydrogen (secondary N) is 1. The fourth-order valence-corrected chi connectivity index (χ4v) is 4.61. The predicted molar refractivity (Wildman–Crippen MR) is 109 cm³/mol. The number of thiophene rings is 2. The number of rotatable bonds is 7. The van der Waals surface area contributed by atoms with E-state index in [4.69, 9.17) is 4.74 Å². The van der Waals surface area contributed by atoms with E-state index in [1.807, 2.05) is 67.8 Å². The number of carbonyl (C=O) groups excluding carboxylic acids is 2. The summed E-state index contributed by atoms with van der Waals surface area (Å²) in [5.74, 6) is -0.778. The van der Waals surface area contributed by atoms with E-state index in [2.05, 4.69) is 5.32 Å². The summed E-state index contributed by atoms with van der Waals surface area (Å²) < 4.78 is 5.22. The Balaban J connectivity index is 1.63. The highest BCUT2D eigenvalue weighted by Gasteiger charge is 2.19. The number of benzene rings is 1. The van der Waals surface area contributed by atoms with Crippen LogP contribution >= 0.6 is 22.7 Å². The Labute approximate surface area is 166 Å². The second kappa shape index (κ2) is 8.97. The van der Waals surface area contributed by atoms with Gasteiger partial charge in [-0.2, -0.15) is 0 Å². The van der Waals surface area contributed by atoms with Crippen molar-refractivity contribution in [2.45, 2.75) is 26.3 Å². The van der Waals surface area contributed by atoms with Gasteiger partial charge in [-0.15, -0.1) is 22.7 Å². The molecule has 0 aliphatic rings. The van der Waals surface area contributed by atoms with Crippen molar-refractivity contribution in [1.29, 1.82) is 0 Å². The Morgan fingerprint density at radius 2 is 1.93 bits per heavy atom. The van der Waals surface area contributed by atoms with Crippen LogP contribution in [0.4, 0.5) is 0 Å². The van der Waals surface area contributed by atoms with Crippen LogP contribution in [0.15, 0.2) is 53.9 Å². The molecule has 1 amide bonds. The van der Waals surface area contributed by atoms with Crippen molar-refractivity contribution in [1.82, 2.24) is 5.32 Å². The summed E-state index contributed by atoms with van der Waals surface area (Å²) in [5.41, 5.74) is 2.12. The van der Waals surface area contributed by atoms with Gasteiger partial charge in [-0.25, -0.2) is 4.79 Å². The molecule has 27 heavy (non-hydrogen) atoms. The molecule has 140 valence electrons. The average molecular weight is 400 g/mol. The molecule has 2 heterocycles. The third kappa shape index (κ3) is 4.84. The van der Waals surface area contributed by atoms with Crippen molar-refractivity contribution in [2.24, 2.45) is 0 Å². The van der Waals surface area contributed by atoms with Crippen LogP contribution in [0.5, 0.6) is 0 Å². The standard InChI is InChI=1S/C21H21NO3S2/c1-3-15-12-18(27-14(15)2)21(24)25-13-19(23)22-20(17-10-7-11-26-17)16-8-5-4-6-9-16/h4-12,20H,3,13H2,1-2H3,(H,22,23)/t20-/m1/s1. The lowest BCUT2D eigenvalue weighted by molar-refractivity contribution is -0.124. The second-order valence-electron chi connectivity index (χ2n) is 6.05. The molecule has 1 aromatic carbocycles. The van der Waals surface area contributed by atoms with E-state index < -0.39 is 5.97 Å². The summed E-state index contributed by atoms with van der Waals surface area (Å²) >= 11 is 2.98. The Morgan fingerprint density at radius 3 is 2.56 bits per heavy atom. The Bertz CT molecular complexity index is 901. The minimum absolute atomic E-state index is 0.256. The number of ether oxygens (including phenoxy) is 1. The molecule has 4 nitrogen and oxygen atoms in total. The zero-order chi connectivity index (χ0) is 19.2. The van der Waals surface area contributed by atoms with Crippen LogP contribution < -0.4 is 5.32 Å². The molecular weight excluding hydrogens is 378 g/mol. The fraction of sp³-hybridized carbons (Fsp3) is 0.238. The van der Waals surface area contributed by atoms with Crippen molar-refractivity contribution in [3.05, 3.63) is 79.7 Å². The van der Waals surface area contributed by atoms with E-state index in [0.29, 0.717) is 4.88 Å². The first-order valence-electron chi connectivity index (χ1n) is 8.72. The van der Waals surface area contributed by atoms with Crippen molar-refractivity contribution in [2.75, 3.05) is 6.61 Å². The van der Waals surface area contributed by atoms with Gasteiger partial charge in [-0.05, 0) is 42.0 Å².